The molecule has 0 aliphatic carbocycles. The zero-order chi connectivity index (χ0) is 48.0. The summed E-state index contributed by atoms with van der Waals surface area (Å²) >= 11 is 0. The lowest BCUT2D eigenvalue weighted by Crippen LogP contribution is -2.60. The Morgan fingerprint density at radius 2 is 0.833 bits per heavy atom. The van der Waals surface area contributed by atoms with E-state index in [0.717, 1.165) is 38.5 Å². The van der Waals surface area contributed by atoms with Crippen LogP contribution < -0.4 is 5.32 Å². The molecule has 9 nitrogen and oxygen atoms in total. The Morgan fingerprint density at radius 1 is 0.500 bits per heavy atom. The third-order valence-corrected chi connectivity index (χ3v) is 14.1. The average molecular weight is 939 g/mol. The van der Waals surface area contributed by atoms with Crippen molar-refractivity contribution in [2.24, 2.45) is 0 Å². The normalized spacial score (nSPS) is 19.8. The topological polar surface area (TPSA) is 149 Å². The van der Waals surface area contributed by atoms with Gasteiger partial charge in [-0.1, -0.05) is 283 Å². The van der Waals surface area contributed by atoms with Crippen LogP contribution in [-0.4, -0.2) is 87.5 Å². The van der Waals surface area contributed by atoms with Gasteiger partial charge in [-0.05, 0) is 12.8 Å². The van der Waals surface area contributed by atoms with Crippen molar-refractivity contribution in [3.63, 3.8) is 0 Å². The predicted octanol–water partition coefficient (Wildman–Crippen LogP) is 14.0. The molecule has 66 heavy (non-hydrogen) atoms. The zero-order valence-electron chi connectivity index (χ0n) is 43.5. The van der Waals surface area contributed by atoms with E-state index in [9.17, 15) is 30.3 Å². The maximum absolute atomic E-state index is 12.8. The molecule has 0 bridgehead atoms. The van der Waals surface area contributed by atoms with Gasteiger partial charge >= 0.3 is 0 Å². The quantitative estimate of drug-likeness (QED) is 0.0261. The second-order valence-electron chi connectivity index (χ2n) is 20.5. The summed E-state index contributed by atoms with van der Waals surface area (Å²) in [5.41, 5.74) is 0. The van der Waals surface area contributed by atoms with E-state index >= 15 is 0 Å². The van der Waals surface area contributed by atoms with Crippen LogP contribution in [-0.2, 0) is 14.3 Å². The number of carbonyl (C=O) groups excluding carboxylic acids is 1. The van der Waals surface area contributed by atoms with Crippen molar-refractivity contribution in [2.75, 3.05) is 13.2 Å². The molecule has 0 radical (unpaired) electrons. The van der Waals surface area contributed by atoms with Gasteiger partial charge < -0.3 is 40.3 Å². The van der Waals surface area contributed by atoms with Gasteiger partial charge in [0.15, 0.2) is 6.29 Å². The molecular weight excluding hydrogens is 827 g/mol. The number of hydrogen-bond donors (Lipinski definition) is 6. The summed E-state index contributed by atoms with van der Waals surface area (Å²) in [4.78, 5) is 12.8. The Hall–Kier alpha value is -1.07. The van der Waals surface area contributed by atoms with Gasteiger partial charge in [0.1, 0.15) is 24.4 Å². The van der Waals surface area contributed by atoms with Crippen LogP contribution in [0.15, 0.2) is 12.2 Å². The Balaban J connectivity index is 1.88. The maximum Gasteiger partial charge on any atom is 0.220 e. The van der Waals surface area contributed by atoms with Crippen LogP contribution in [0, 0.1) is 0 Å². The summed E-state index contributed by atoms with van der Waals surface area (Å²) in [5, 5.41) is 53.7. The van der Waals surface area contributed by atoms with E-state index < -0.39 is 49.5 Å². The average Bonchev–Trinajstić information content (AvgIpc) is 3.32. The summed E-state index contributed by atoms with van der Waals surface area (Å²) < 4.78 is 11.1. The Bertz CT molecular complexity index is 1040. The number of rotatable bonds is 50. The fourth-order valence-electron chi connectivity index (χ4n) is 9.50. The maximum atomic E-state index is 12.8. The monoisotopic (exact) mass is 938 g/mol. The number of ether oxygens (including phenoxy) is 2. The van der Waals surface area contributed by atoms with Crippen molar-refractivity contribution < 1.29 is 39.8 Å². The van der Waals surface area contributed by atoms with Gasteiger partial charge in [-0.15, -0.1) is 0 Å². The van der Waals surface area contributed by atoms with Crippen molar-refractivity contribution in [1.82, 2.24) is 5.32 Å². The molecule has 1 aliphatic rings. The first-order chi connectivity index (χ1) is 32.3. The lowest BCUT2D eigenvalue weighted by atomic mass is 9.99. The smallest absolute Gasteiger partial charge is 0.220 e. The van der Waals surface area contributed by atoms with Gasteiger partial charge in [-0.2, -0.15) is 0 Å². The second-order valence-corrected chi connectivity index (χ2v) is 20.5. The van der Waals surface area contributed by atoms with Crippen molar-refractivity contribution >= 4 is 5.91 Å². The van der Waals surface area contributed by atoms with E-state index in [-0.39, 0.29) is 12.5 Å². The molecule has 6 N–H and O–H groups in total. The highest BCUT2D eigenvalue weighted by Crippen LogP contribution is 2.23. The van der Waals surface area contributed by atoms with E-state index in [0.29, 0.717) is 6.42 Å². The molecule has 1 amide bonds. The van der Waals surface area contributed by atoms with Crippen LogP contribution in [0.25, 0.3) is 0 Å². The van der Waals surface area contributed by atoms with Crippen molar-refractivity contribution in [2.45, 2.75) is 333 Å². The molecule has 0 aromatic heterocycles. The van der Waals surface area contributed by atoms with Crippen LogP contribution in [0.3, 0.4) is 0 Å². The first-order valence-electron chi connectivity index (χ1n) is 28.9. The van der Waals surface area contributed by atoms with E-state index in [4.69, 9.17) is 9.47 Å². The molecule has 7 atom stereocenters. The number of allylic oxidation sites excluding steroid dienone is 1. The van der Waals surface area contributed by atoms with E-state index in [1.54, 1.807) is 6.08 Å². The number of amides is 1. The van der Waals surface area contributed by atoms with Gasteiger partial charge in [-0.25, -0.2) is 0 Å². The fraction of sp³-hybridized carbons (Fsp3) is 0.947. The van der Waals surface area contributed by atoms with Crippen LogP contribution >= 0.6 is 0 Å². The molecule has 1 fully saturated rings. The number of nitrogens with one attached hydrogen (secondary N) is 1. The number of hydrogen-bond acceptors (Lipinski definition) is 8. The van der Waals surface area contributed by atoms with Gasteiger partial charge in [-0.3, -0.25) is 4.79 Å². The molecule has 392 valence electrons. The lowest BCUT2D eigenvalue weighted by Gasteiger charge is -2.40. The van der Waals surface area contributed by atoms with Crippen molar-refractivity contribution in [3.05, 3.63) is 12.2 Å². The number of aliphatic hydroxyl groups is 5. The third kappa shape index (κ3) is 36.9. The minimum Gasteiger partial charge on any atom is -0.394 e. The van der Waals surface area contributed by atoms with Crippen molar-refractivity contribution in [1.29, 1.82) is 0 Å². The van der Waals surface area contributed by atoms with Gasteiger partial charge in [0, 0.05) is 6.42 Å². The summed E-state index contributed by atoms with van der Waals surface area (Å²) in [6.07, 6.45) is 52.7. The summed E-state index contributed by atoms with van der Waals surface area (Å²) in [6.45, 7) is 3.64. The highest BCUT2D eigenvalue weighted by Gasteiger charge is 2.44. The first-order valence-corrected chi connectivity index (χ1v) is 28.9. The minimum atomic E-state index is -1.56. The molecule has 1 rings (SSSR count). The van der Waals surface area contributed by atoms with Crippen LogP contribution in [0.1, 0.15) is 290 Å². The van der Waals surface area contributed by atoms with E-state index in [1.807, 2.05) is 6.08 Å². The lowest BCUT2D eigenvalue weighted by molar-refractivity contribution is -0.302. The van der Waals surface area contributed by atoms with Crippen LogP contribution in [0.5, 0.6) is 0 Å². The molecule has 1 aliphatic heterocycles. The standard InChI is InChI=1S/C57H111NO8/c1-3-5-7-9-10-11-12-13-14-15-16-17-18-19-20-21-22-23-24-25-26-27-28-29-30-31-32-33-34-35-36-37-38-39-40-41-42-43-45-47-53(61)58-50(51(60)46-44-8-6-4-2)49-65-57-56(64)55(63)54(62)52(48-59)66-57/h44,46,50-52,54-57,59-60,62-64H,3-43,45,47-49H2,1-2H3,(H,58,61)/b46-44+. The van der Waals surface area contributed by atoms with Crippen LogP contribution in [0.4, 0.5) is 0 Å². The Morgan fingerprint density at radius 3 is 1.17 bits per heavy atom. The molecule has 0 spiro atoms. The fourth-order valence-corrected chi connectivity index (χ4v) is 9.50. The zero-order valence-corrected chi connectivity index (χ0v) is 43.5. The summed E-state index contributed by atoms with van der Waals surface area (Å²) in [5.74, 6) is -0.181. The van der Waals surface area contributed by atoms with Gasteiger partial charge in [0.2, 0.25) is 5.91 Å². The molecular formula is C57H111NO8. The van der Waals surface area contributed by atoms with Gasteiger partial charge in [0.05, 0.1) is 25.4 Å². The predicted molar refractivity (Wildman–Crippen MR) is 277 cm³/mol. The molecule has 1 heterocycles. The van der Waals surface area contributed by atoms with Crippen molar-refractivity contribution in [3.8, 4) is 0 Å². The SMILES string of the molecule is CCCC/C=C/C(O)C(COC1OC(CO)C(O)C(O)C1O)NC(=O)CCCCCCCCCCCCCCCCCCCCCCCCCCCCCCCCCCCCCCCCC. The molecule has 0 aromatic carbocycles. The molecule has 0 saturated carbocycles. The third-order valence-electron chi connectivity index (χ3n) is 14.1. The molecule has 7 unspecified atom stereocenters. The molecule has 9 heteroatoms. The van der Waals surface area contributed by atoms with E-state index in [1.165, 1.54) is 231 Å². The van der Waals surface area contributed by atoms with Crippen LogP contribution in [0.2, 0.25) is 0 Å². The summed E-state index contributed by atoms with van der Waals surface area (Å²) in [6, 6.07) is -0.796. The second kappa shape index (κ2) is 47.6. The Labute approximate surface area is 407 Å². The molecule has 1 saturated heterocycles. The summed E-state index contributed by atoms with van der Waals surface area (Å²) in [7, 11) is 0. The minimum absolute atomic E-state index is 0.181. The largest absolute Gasteiger partial charge is 0.394 e. The van der Waals surface area contributed by atoms with E-state index in [2.05, 4.69) is 19.2 Å². The first kappa shape index (κ1) is 62.9. The highest BCUT2D eigenvalue weighted by atomic mass is 16.7. The Kier molecular flexibility index (Phi) is 45.4. The van der Waals surface area contributed by atoms with Gasteiger partial charge in [0.25, 0.3) is 0 Å². The number of carbonyl (C=O) groups is 1. The number of aliphatic hydroxyl groups excluding tert-OH is 5. The highest BCUT2D eigenvalue weighted by molar-refractivity contribution is 5.76. The molecule has 0 aromatic rings. The number of unbranched alkanes of at least 4 members (excludes halogenated alkanes) is 40.